The van der Waals surface area contributed by atoms with Crippen molar-refractivity contribution in [1.29, 1.82) is 0 Å². The molecule has 0 amide bonds. The van der Waals surface area contributed by atoms with Crippen molar-refractivity contribution in [3.05, 3.63) is 68.7 Å². The lowest BCUT2D eigenvalue weighted by molar-refractivity contribution is -0.384. The maximum atomic E-state index is 13.0. The molecule has 0 radical (unpaired) electrons. The van der Waals surface area contributed by atoms with Crippen LogP contribution < -0.4 is 0 Å². The van der Waals surface area contributed by atoms with Gasteiger partial charge in [-0.2, -0.15) is 4.31 Å². The third-order valence-corrected chi connectivity index (χ3v) is 7.25. The predicted octanol–water partition coefficient (Wildman–Crippen LogP) is 4.17. The van der Waals surface area contributed by atoms with Crippen molar-refractivity contribution >= 4 is 33.3 Å². The Kier molecular flexibility index (Phi) is 7.06. The Balaban J connectivity index is 1.75. The van der Waals surface area contributed by atoms with Gasteiger partial charge in [-0.15, -0.1) is 0 Å². The molecule has 30 heavy (non-hydrogen) atoms. The van der Waals surface area contributed by atoms with Gasteiger partial charge in [-0.1, -0.05) is 24.4 Å². The molecule has 10 heteroatoms. The molecule has 0 N–H and O–H groups in total. The van der Waals surface area contributed by atoms with Crippen LogP contribution in [-0.4, -0.2) is 36.7 Å². The molecule has 0 aromatic heterocycles. The predicted molar refractivity (Wildman–Crippen MR) is 111 cm³/mol. The lowest BCUT2D eigenvalue weighted by Gasteiger charge is -2.21. The number of non-ortho nitro benzene ring substituents is 1. The minimum absolute atomic E-state index is 0.0474. The van der Waals surface area contributed by atoms with Crippen LogP contribution in [0.5, 0.6) is 0 Å². The van der Waals surface area contributed by atoms with Crippen molar-refractivity contribution in [2.45, 2.75) is 37.2 Å². The van der Waals surface area contributed by atoms with E-state index in [0.29, 0.717) is 18.7 Å². The van der Waals surface area contributed by atoms with E-state index >= 15 is 0 Å². The van der Waals surface area contributed by atoms with Crippen molar-refractivity contribution in [1.82, 2.24) is 4.31 Å². The summed E-state index contributed by atoms with van der Waals surface area (Å²) in [5.41, 5.74) is 0.571. The number of nitro groups is 1. The topological polar surface area (TPSA) is 107 Å². The van der Waals surface area contributed by atoms with E-state index in [0.717, 1.165) is 25.7 Å². The number of rotatable bonds is 6. The van der Waals surface area contributed by atoms with Crippen LogP contribution >= 0.6 is 11.6 Å². The summed E-state index contributed by atoms with van der Waals surface area (Å²) in [5, 5.41) is 10.7. The van der Waals surface area contributed by atoms with E-state index in [1.807, 2.05) is 0 Å². The highest BCUT2D eigenvalue weighted by Gasteiger charge is 2.28. The van der Waals surface area contributed by atoms with Crippen LogP contribution in [0.2, 0.25) is 5.02 Å². The molecule has 1 saturated heterocycles. The zero-order valence-electron chi connectivity index (χ0n) is 16.1. The molecule has 160 valence electrons. The van der Waals surface area contributed by atoms with E-state index in [1.165, 1.54) is 46.8 Å². The summed E-state index contributed by atoms with van der Waals surface area (Å²) in [5.74, 6) is -0.711. The summed E-state index contributed by atoms with van der Waals surface area (Å²) in [6, 6.07) is 9.62. The van der Waals surface area contributed by atoms with Crippen molar-refractivity contribution in [3.63, 3.8) is 0 Å². The van der Waals surface area contributed by atoms with Gasteiger partial charge in [0.25, 0.3) is 5.69 Å². The Labute approximate surface area is 179 Å². The van der Waals surface area contributed by atoms with Gasteiger partial charge in [0.05, 0.1) is 15.5 Å². The number of halogens is 1. The summed E-state index contributed by atoms with van der Waals surface area (Å²) < 4.78 is 32.7. The monoisotopic (exact) mass is 452 g/mol. The first-order valence-electron chi connectivity index (χ1n) is 9.49. The van der Waals surface area contributed by atoms with Gasteiger partial charge in [0, 0.05) is 25.2 Å². The first kappa shape index (κ1) is 22.2. The first-order chi connectivity index (χ1) is 14.3. The van der Waals surface area contributed by atoms with Crippen LogP contribution in [0, 0.1) is 10.1 Å². The Morgan fingerprint density at radius 1 is 1.07 bits per heavy atom. The number of ether oxygens (including phenoxy) is 1. The average molecular weight is 453 g/mol. The molecule has 1 heterocycles. The van der Waals surface area contributed by atoms with Gasteiger partial charge in [-0.25, -0.2) is 13.2 Å². The third-order valence-electron chi connectivity index (χ3n) is 4.87. The SMILES string of the molecule is O=C(OCc1ccc([N+](=O)[O-])cc1)c1ccc(Cl)c(S(=O)(=O)N2CCCCCC2)c1. The normalized spacial score (nSPS) is 15.4. The minimum Gasteiger partial charge on any atom is -0.457 e. The van der Waals surface area contributed by atoms with E-state index in [-0.39, 0.29) is 27.8 Å². The number of esters is 1. The number of nitro benzene ring substituents is 1. The number of hydrogen-bond donors (Lipinski definition) is 0. The minimum atomic E-state index is -3.82. The van der Waals surface area contributed by atoms with Gasteiger partial charge in [0.1, 0.15) is 11.5 Å². The van der Waals surface area contributed by atoms with E-state index in [9.17, 15) is 23.3 Å². The molecule has 0 aliphatic carbocycles. The standard InChI is InChI=1S/C20H21ClN2O6S/c21-18-10-7-16(13-19(18)30(27,28)22-11-3-1-2-4-12-22)20(24)29-14-15-5-8-17(9-6-15)23(25)26/h5-10,13H,1-4,11-12,14H2. The fraction of sp³-hybridized carbons (Fsp3) is 0.350. The second kappa shape index (κ2) is 9.55. The van der Waals surface area contributed by atoms with Gasteiger partial charge in [0.15, 0.2) is 0 Å². The van der Waals surface area contributed by atoms with Crippen LogP contribution in [0.25, 0.3) is 0 Å². The van der Waals surface area contributed by atoms with Crippen molar-refractivity contribution < 1.29 is 22.9 Å². The molecular weight excluding hydrogens is 432 g/mol. The smallest absolute Gasteiger partial charge is 0.338 e. The Morgan fingerprint density at radius 3 is 2.30 bits per heavy atom. The molecule has 3 rings (SSSR count). The number of nitrogens with zero attached hydrogens (tertiary/aromatic N) is 2. The van der Waals surface area contributed by atoms with Gasteiger partial charge in [-0.3, -0.25) is 10.1 Å². The highest BCUT2D eigenvalue weighted by molar-refractivity contribution is 7.89. The number of sulfonamides is 1. The van der Waals surface area contributed by atoms with Crippen LogP contribution in [-0.2, 0) is 21.4 Å². The average Bonchev–Trinajstić information content (AvgIpc) is 3.02. The highest BCUT2D eigenvalue weighted by atomic mass is 35.5. The number of benzene rings is 2. The maximum absolute atomic E-state index is 13.0. The van der Waals surface area contributed by atoms with Gasteiger partial charge in [-0.05, 0) is 48.7 Å². The van der Waals surface area contributed by atoms with Crippen LogP contribution in [0.4, 0.5) is 5.69 Å². The van der Waals surface area contributed by atoms with Crippen molar-refractivity contribution in [2.24, 2.45) is 0 Å². The quantitative estimate of drug-likeness (QED) is 0.370. The highest BCUT2D eigenvalue weighted by Crippen LogP contribution is 2.28. The van der Waals surface area contributed by atoms with E-state index in [4.69, 9.17) is 16.3 Å². The maximum Gasteiger partial charge on any atom is 0.338 e. The molecule has 0 spiro atoms. The van der Waals surface area contributed by atoms with E-state index in [2.05, 4.69) is 0 Å². The molecular formula is C20H21ClN2O6S. The molecule has 1 aliphatic heterocycles. The van der Waals surface area contributed by atoms with Crippen LogP contribution in [0.1, 0.15) is 41.6 Å². The fourth-order valence-electron chi connectivity index (χ4n) is 3.20. The molecule has 0 bridgehead atoms. The van der Waals surface area contributed by atoms with E-state index < -0.39 is 20.9 Å². The van der Waals surface area contributed by atoms with Gasteiger partial charge < -0.3 is 4.74 Å². The lowest BCUT2D eigenvalue weighted by Crippen LogP contribution is -2.32. The molecule has 8 nitrogen and oxygen atoms in total. The molecule has 2 aromatic rings. The molecule has 1 aliphatic rings. The summed E-state index contributed by atoms with van der Waals surface area (Å²) >= 11 is 6.15. The molecule has 2 aromatic carbocycles. The zero-order chi connectivity index (χ0) is 21.7. The molecule has 0 atom stereocenters. The summed E-state index contributed by atoms with van der Waals surface area (Å²) in [4.78, 5) is 22.5. The number of carbonyl (C=O) groups is 1. The Bertz CT molecular complexity index is 1030. The molecule has 0 saturated carbocycles. The Hall–Kier alpha value is -2.49. The molecule has 1 fully saturated rings. The number of carbonyl (C=O) groups excluding carboxylic acids is 1. The van der Waals surface area contributed by atoms with E-state index in [1.54, 1.807) is 0 Å². The summed E-state index contributed by atoms with van der Waals surface area (Å²) in [6.45, 7) is 0.745. The summed E-state index contributed by atoms with van der Waals surface area (Å²) in [7, 11) is -3.82. The molecule has 0 unspecified atom stereocenters. The van der Waals surface area contributed by atoms with Crippen molar-refractivity contribution in [2.75, 3.05) is 13.1 Å². The summed E-state index contributed by atoms with van der Waals surface area (Å²) in [6.07, 6.45) is 3.53. The fourth-order valence-corrected chi connectivity index (χ4v) is 5.21. The second-order valence-corrected chi connectivity index (χ2v) is 9.28. The number of hydrogen-bond acceptors (Lipinski definition) is 6. The van der Waals surface area contributed by atoms with Gasteiger partial charge >= 0.3 is 5.97 Å². The van der Waals surface area contributed by atoms with Crippen LogP contribution in [0.15, 0.2) is 47.4 Å². The van der Waals surface area contributed by atoms with Crippen LogP contribution in [0.3, 0.4) is 0 Å². The first-order valence-corrected chi connectivity index (χ1v) is 11.3. The van der Waals surface area contributed by atoms with Gasteiger partial charge in [0.2, 0.25) is 10.0 Å². The Morgan fingerprint density at radius 2 is 1.70 bits per heavy atom. The zero-order valence-corrected chi connectivity index (χ0v) is 17.7. The largest absolute Gasteiger partial charge is 0.457 e. The second-order valence-electron chi connectivity index (χ2n) is 6.96. The lowest BCUT2D eigenvalue weighted by atomic mass is 10.2. The van der Waals surface area contributed by atoms with Crippen molar-refractivity contribution in [3.8, 4) is 0 Å². The third kappa shape index (κ3) is 5.16.